The minimum atomic E-state index is 0.981. The molecule has 0 radical (unpaired) electrons. The van der Waals surface area contributed by atoms with Crippen LogP contribution in [0.1, 0.15) is 27.2 Å². The molecule has 1 N–H and O–H groups in total. The Morgan fingerprint density at radius 2 is 2.23 bits per heavy atom. The zero-order valence-corrected chi connectivity index (χ0v) is 8.65. The van der Waals surface area contributed by atoms with Gasteiger partial charge in [-0.25, -0.2) is 0 Å². The molecule has 1 aliphatic rings. The summed E-state index contributed by atoms with van der Waals surface area (Å²) in [6, 6.07) is 0. The summed E-state index contributed by atoms with van der Waals surface area (Å²) in [6.07, 6.45) is 7.29. The predicted molar refractivity (Wildman–Crippen MR) is 58.2 cm³/mol. The molecule has 0 aromatic rings. The Labute approximate surface area is 80.5 Å². The lowest BCUT2D eigenvalue weighted by atomic mass is 10.1. The van der Waals surface area contributed by atoms with Gasteiger partial charge >= 0.3 is 0 Å². The molecule has 70 valence electrons. The van der Waals surface area contributed by atoms with Gasteiger partial charge in [0.05, 0.1) is 0 Å². The van der Waals surface area contributed by atoms with Gasteiger partial charge in [-0.05, 0) is 38.0 Å². The molecular weight excluding hydrogens is 158 g/mol. The van der Waals surface area contributed by atoms with Crippen LogP contribution >= 0.6 is 0 Å². The highest BCUT2D eigenvalue weighted by atomic mass is 14.9. The van der Waals surface area contributed by atoms with Crippen molar-refractivity contribution in [3.8, 4) is 0 Å². The van der Waals surface area contributed by atoms with Crippen molar-refractivity contribution in [1.29, 1.82) is 0 Å². The van der Waals surface area contributed by atoms with E-state index in [1.54, 1.807) is 0 Å². The third-order valence-electron chi connectivity index (χ3n) is 2.05. The van der Waals surface area contributed by atoms with Gasteiger partial charge in [-0.15, -0.1) is 0 Å². The van der Waals surface area contributed by atoms with Crippen molar-refractivity contribution in [3.63, 3.8) is 0 Å². The normalized spacial score (nSPS) is 18.7. The van der Waals surface area contributed by atoms with E-state index in [0.717, 1.165) is 12.1 Å². The van der Waals surface area contributed by atoms with Crippen molar-refractivity contribution < 1.29 is 0 Å². The average Bonchev–Trinajstić information content (AvgIpc) is 2.30. The van der Waals surface area contributed by atoms with Gasteiger partial charge < -0.3 is 5.32 Å². The molecular formula is C12H17N. The number of nitrogens with one attached hydrogen (secondary N) is 1. The minimum Gasteiger partial charge on any atom is -0.359 e. The smallest absolute Gasteiger partial charge is 0.0377 e. The molecule has 13 heavy (non-hydrogen) atoms. The summed E-state index contributed by atoms with van der Waals surface area (Å²) in [6.45, 7) is 10.2. The molecule has 0 amide bonds. The molecule has 0 unspecified atom stereocenters. The van der Waals surface area contributed by atoms with Crippen LogP contribution in [0.4, 0.5) is 0 Å². The molecule has 0 fully saturated rings. The molecule has 0 aromatic heterocycles. The second-order valence-corrected chi connectivity index (χ2v) is 3.49. The zero-order chi connectivity index (χ0) is 9.84. The molecule has 1 aliphatic heterocycles. The summed E-state index contributed by atoms with van der Waals surface area (Å²) in [5.41, 5.74) is 4.94. The Morgan fingerprint density at radius 1 is 1.54 bits per heavy atom. The molecule has 1 rings (SSSR count). The maximum atomic E-state index is 3.91. The quantitative estimate of drug-likeness (QED) is 0.635. The molecule has 1 heteroatoms. The molecule has 0 saturated carbocycles. The Balaban J connectivity index is 2.79. The standard InChI is InChI=1S/C12H17N/c1-5-6-9(2)7-12-10(3)8-11(4)13-12/h5-7,13H,4,8H2,1-3H3/b6-5-,9-7-. The van der Waals surface area contributed by atoms with E-state index in [4.69, 9.17) is 0 Å². The second-order valence-electron chi connectivity index (χ2n) is 3.49. The molecule has 0 aromatic carbocycles. The van der Waals surface area contributed by atoms with Gasteiger partial charge in [0.15, 0.2) is 0 Å². The molecule has 0 saturated heterocycles. The number of allylic oxidation sites excluding steroid dienone is 5. The van der Waals surface area contributed by atoms with Crippen molar-refractivity contribution >= 4 is 0 Å². The van der Waals surface area contributed by atoms with Crippen molar-refractivity contribution in [2.75, 3.05) is 0 Å². The van der Waals surface area contributed by atoms with Gasteiger partial charge in [0.1, 0.15) is 0 Å². The third-order valence-corrected chi connectivity index (χ3v) is 2.05. The van der Waals surface area contributed by atoms with E-state index in [-0.39, 0.29) is 0 Å². The summed E-state index contributed by atoms with van der Waals surface area (Å²) >= 11 is 0. The Bertz CT molecular complexity index is 303. The third kappa shape index (κ3) is 2.62. The van der Waals surface area contributed by atoms with Crippen LogP contribution in [0.15, 0.2) is 47.3 Å². The molecule has 1 nitrogen and oxygen atoms in total. The van der Waals surface area contributed by atoms with Crippen LogP contribution in [-0.4, -0.2) is 0 Å². The fraction of sp³-hybridized carbons (Fsp3) is 0.333. The van der Waals surface area contributed by atoms with Crippen molar-refractivity contribution in [1.82, 2.24) is 5.32 Å². The summed E-state index contributed by atoms with van der Waals surface area (Å²) in [4.78, 5) is 0. The fourth-order valence-corrected chi connectivity index (χ4v) is 1.45. The van der Waals surface area contributed by atoms with Crippen LogP contribution in [0.2, 0.25) is 0 Å². The van der Waals surface area contributed by atoms with E-state index in [0.29, 0.717) is 0 Å². The fourth-order valence-electron chi connectivity index (χ4n) is 1.45. The summed E-state index contributed by atoms with van der Waals surface area (Å²) in [5, 5.41) is 3.27. The van der Waals surface area contributed by atoms with Crippen LogP contribution in [0.5, 0.6) is 0 Å². The molecule has 1 heterocycles. The number of hydrogen-bond acceptors (Lipinski definition) is 1. The first kappa shape index (κ1) is 9.85. The van der Waals surface area contributed by atoms with E-state index in [1.807, 2.05) is 13.0 Å². The Kier molecular flexibility index (Phi) is 3.13. The summed E-state index contributed by atoms with van der Waals surface area (Å²) in [7, 11) is 0. The lowest BCUT2D eigenvalue weighted by Crippen LogP contribution is -2.02. The maximum absolute atomic E-state index is 3.91. The van der Waals surface area contributed by atoms with E-state index < -0.39 is 0 Å². The Morgan fingerprint density at radius 3 is 2.69 bits per heavy atom. The van der Waals surface area contributed by atoms with E-state index in [9.17, 15) is 0 Å². The lowest BCUT2D eigenvalue weighted by molar-refractivity contribution is 1.04. The number of hydrogen-bond donors (Lipinski definition) is 1. The first-order chi connectivity index (χ1) is 6.13. The maximum Gasteiger partial charge on any atom is 0.0377 e. The van der Waals surface area contributed by atoms with E-state index >= 15 is 0 Å². The first-order valence-corrected chi connectivity index (χ1v) is 4.59. The topological polar surface area (TPSA) is 12.0 Å². The minimum absolute atomic E-state index is 0.981. The number of rotatable bonds is 2. The Hall–Kier alpha value is -1.24. The highest BCUT2D eigenvalue weighted by molar-refractivity contribution is 5.38. The highest BCUT2D eigenvalue weighted by Crippen LogP contribution is 2.21. The second kappa shape index (κ2) is 4.13. The van der Waals surface area contributed by atoms with Gasteiger partial charge in [-0.2, -0.15) is 0 Å². The SMILES string of the molecule is C=C1CC(C)=C(/C=C(C)\C=C/C)N1. The molecule has 0 spiro atoms. The van der Waals surface area contributed by atoms with Crippen molar-refractivity contribution in [2.45, 2.75) is 27.2 Å². The lowest BCUT2D eigenvalue weighted by Gasteiger charge is -2.00. The molecule has 0 atom stereocenters. The zero-order valence-electron chi connectivity index (χ0n) is 8.65. The molecule has 0 bridgehead atoms. The monoisotopic (exact) mass is 175 g/mol. The largest absolute Gasteiger partial charge is 0.359 e. The average molecular weight is 175 g/mol. The van der Waals surface area contributed by atoms with Gasteiger partial charge in [-0.1, -0.05) is 18.7 Å². The van der Waals surface area contributed by atoms with Crippen molar-refractivity contribution in [2.24, 2.45) is 0 Å². The van der Waals surface area contributed by atoms with Gasteiger partial charge in [0.2, 0.25) is 0 Å². The first-order valence-electron chi connectivity index (χ1n) is 4.59. The summed E-state index contributed by atoms with van der Waals surface area (Å²) < 4.78 is 0. The van der Waals surface area contributed by atoms with Gasteiger partial charge in [-0.3, -0.25) is 0 Å². The van der Waals surface area contributed by atoms with Gasteiger partial charge in [0.25, 0.3) is 0 Å². The predicted octanol–water partition coefficient (Wildman–Crippen LogP) is 3.29. The van der Waals surface area contributed by atoms with Crippen LogP contribution in [0.3, 0.4) is 0 Å². The van der Waals surface area contributed by atoms with E-state index in [2.05, 4.69) is 37.9 Å². The van der Waals surface area contributed by atoms with Crippen LogP contribution in [0.25, 0.3) is 0 Å². The summed E-state index contributed by atoms with van der Waals surface area (Å²) in [5.74, 6) is 0. The van der Waals surface area contributed by atoms with Crippen LogP contribution in [-0.2, 0) is 0 Å². The van der Waals surface area contributed by atoms with Gasteiger partial charge in [0, 0.05) is 17.8 Å². The van der Waals surface area contributed by atoms with Crippen molar-refractivity contribution in [3.05, 3.63) is 47.3 Å². The van der Waals surface area contributed by atoms with Crippen LogP contribution in [0, 0.1) is 0 Å². The highest BCUT2D eigenvalue weighted by Gasteiger charge is 2.10. The van der Waals surface area contributed by atoms with Crippen LogP contribution < -0.4 is 5.32 Å². The van der Waals surface area contributed by atoms with E-state index in [1.165, 1.54) is 16.8 Å². The molecule has 0 aliphatic carbocycles.